The molecular weight excluding hydrogens is 306 g/mol. The topological polar surface area (TPSA) is 68.0 Å². The average Bonchev–Trinajstić information content (AvgIpc) is 2.62. The van der Waals surface area contributed by atoms with Gasteiger partial charge in [-0.25, -0.2) is 0 Å². The predicted octanol–water partition coefficient (Wildman–Crippen LogP) is 3.49. The Morgan fingerprint density at radius 3 is 2.54 bits per heavy atom. The summed E-state index contributed by atoms with van der Waals surface area (Å²) in [6.07, 6.45) is 1.65. The van der Waals surface area contributed by atoms with Crippen LogP contribution in [0.2, 0.25) is 0 Å². The minimum atomic E-state index is -0.371. The SMILES string of the molecule is Cc1ccc(C=Nc2ccc(N3CCOCC3)cc2)cc1[N+](=O)[O-]. The molecule has 0 unspecified atom stereocenters. The maximum absolute atomic E-state index is 11.0. The number of nitrogens with zero attached hydrogens (tertiary/aromatic N) is 3. The Kier molecular flexibility index (Phi) is 4.86. The Bertz CT molecular complexity index is 751. The normalized spacial score (nSPS) is 15.0. The fourth-order valence-electron chi connectivity index (χ4n) is 2.62. The van der Waals surface area contributed by atoms with Crippen LogP contribution in [0.3, 0.4) is 0 Å². The molecule has 1 saturated heterocycles. The molecule has 0 amide bonds. The molecule has 0 saturated carbocycles. The van der Waals surface area contributed by atoms with Crippen LogP contribution < -0.4 is 4.90 Å². The van der Waals surface area contributed by atoms with E-state index in [4.69, 9.17) is 4.74 Å². The van der Waals surface area contributed by atoms with E-state index in [9.17, 15) is 10.1 Å². The van der Waals surface area contributed by atoms with Gasteiger partial charge >= 0.3 is 0 Å². The zero-order valence-corrected chi connectivity index (χ0v) is 13.5. The molecule has 6 nitrogen and oxygen atoms in total. The van der Waals surface area contributed by atoms with E-state index in [2.05, 4.69) is 9.89 Å². The molecule has 0 spiro atoms. The molecular formula is C18H19N3O3. The second-order valence-electron chi connectivity index (χ2n) is 5.68. The Labute approximate surface area is 140 Å². The van der Waals surface area contributed by atoms with Gasteiger partial charge in [0.2, 0.25) is 0 Å². The van der Waals surface area contributed by atoms with Gasteiger partial charge in [-0.3, -0.25) is 15.1 Å². The molecule has 1 fully saturated rings. The smallest absolute Gasteiger partial charge is 0.272 e. The van der Waals surface area contributed by atoms with E-state index >= 15 is 0 Å². The van der Waals surface area contributed by atoms with Crippen LogP contribution in [0.25, 0.3) is 0 Å². The molecule has 1 heterocycles. The van der Waals surface area contributed by atoms with Crippen molar-refractivity contribution in [3.05, 3.63) is 63.7 Å². The molecule has 2 aromatic rings. The standard InChI is InChI=1S/C18H19N3O3/c1-14-2-3-15(12-18(14)21(22)23)13-19-16-4-6-17(7-5-16)20-8-10-24-11-9-20/h2-7,12-13H,8-11H2,1H3. The Balaban J connectivity index is 1.72. The van der Waals surface area contributed by atoms with Crippen molar-refractivity contribution >= 4 is 23.3 Å². The van der Waals surface area contributed by atoms with E-state index in [1.54, 1.807) is 25.3 Å². The monoisotopic (exact) mass is 325 g/mol. The molecule has 0 aromatic heterocycles. The summed E-state index contributed by atoms with van der Waals surface area (Å²) < 4.78 is 5.35. The molecule has 124 valence electrons. The molecule has 0 bridgehead atoms. The molecule has 0 N–H and O–H groups in total. The fourth-order valence-corrected chi connectivity index (χ4v) is 2.62. The van der Waals surface area contributed by atoms with Crippen LogP contribution in [-0.2, 0) is 4.74 Å². The molecule has 1 aliphatic heterocycles. The molecule has 2 aromatic carbocycles. The molecule has 0 atom stereocenters. The number of aryl methyl sites for hydroxylation is 1. The van der Waals surface area contributed by atoms with Crippen molar-refractivity contribution < 1.29 is 9.66 Å². The fraction of sp³-hybridized carbons (Fsp3) is 0.278. The van der Waals surface area contributed by atoms with Crippen molar-refractivity contribution in [2.24, 2.45) is 4.99 Å². The van der Waals surface area contributed by atoms with E-state index in [1.165, 1.54) is 0 Å². The number of rotatable bonds is 4. The zero-order chi connectivity index (χ0) is 16.9. The Hall–Kier alpha value is -2.73. The lowest BCUT2D eigenvalue weighted by Crippen LogP contribution is -2.36. The molecule has 1 aliphatic rings. The van der Waals surface area contributed by atoms with Crippen LogP contribution in [0.4, 0.5) is 17.1 Å². The molecule has 24 heavy (non-hydrogen) atoms. The van der Waals surface area contributed by atoms with Crippen LogP contribution in [0.1, 0.15) is 11.1 Å². The first kappa shape index (κ1) is 16.1. The summed E-state index contributed by atoms with van der Waals surface area (Å²) in [5.41, 5.74) is 3.44. The Morgan fingerprint density at radius 1 is 1.17 bits per heavy atom. The minimum absolute atomic E-state index is 0.113. The molecule has 3 rings (SSSR count). The first-order valence-corrected chi connectivity index (χ1v) is 7.85. The number of nitro benzene ring substituents is 1. The summed E-state index contributed by atoms with van der Waals surface area (Å²) in [6, 6.07) is 13.1. The predicted molar refractivity (Wildman–Crippen MR) is 94.6 cm³/mol. The van der Waals surface area contributed by atoms with Crippen LogP contribution in [-0.4, -0.2) is 37.4 Å². The maximum Gasteiger partial charge on any atom is 0.272 e. The minimum Gasteiger partial charge on any atom is -0.378 e. The number of nitro groups is 1. The van der Waals surface area contributed by atoms with Gasteiger partial charge in [0.15, 0.2) is 0 Å². The average molecular weight is 325 g/mol. The first-order chi connectivity index (χ1) is 11.6. The first-order valence-electron chi connectivity index (χ1n) is 7.85. The van der Waals surface area contributed by atoms with Crippen LogP contribution in [0.15, 0.2) is 47.5 Å². The number of hydrogen-bond acceptors (Lipinski definition) is 5. The van der Waals surface area contributed by atoms with E-state index in [0.29, 0.717) is 11.1 Å². The summed E-state index contributed by atoms with van der Waals surface area (Å²) in [7, 11) is 0. The van der Waals surface area contributed by atoms with Gasteiger partial charge in [-0.15, -0.1) is 0 Å². The van der Waals surface area contributed by atoms with Gasteiger partial charge in [-0.05, 0) is 36.8 Å². The van der Waals surface area contributed by atoms with E-state index < -0.39 is 0 Å². The largest absolute Gasteiger partial charge is 0.378 e. The number of morpholine rings is 1. The highest BCUT2D eigenvalue weighted by Gasteiger charge is 2.11. The van der Waals surface area contributed by atoms with E-state index in [0.717, 1.165) is 37.7 Å². The maximum atomic E-state index is 11.0. The molecule has 0 aliphatic carbocycles. The van der Waals surface area contributed by atoms with Crippen molar-refractivity contribution in [3.63, 3.8) is 0 Å². The van der Waals surface area contributed by atoms with Gasteiger partial charge in [-0.2, -0.15) is 0 Å². The van der Waals surface area contributed by atoms with Gasteiger partial charge in [0, 0.05) is 36.6 Å². The van der Waals surface area contributed by atoms with Crippen molar-refractivity contribution in [3.8, 4) is 0 Å². The summed E-state index contributed by atoms with van der Waals surface area (Å²) in [4.78, 5) is 17.3. The quantitative estimate of drug-likeness (QED) is 0.490. The van der Waals surface area contributed by atoms with Gasteiger partial charge in [-0.1, -0.05) is 12.1 Å². The molecule has 6 heteroatoms. The van der Waals surface area contributed by atoms with E-state index in [1.807, 2.05) is 30.3 Å². The van der Waals surface area contributed by atoms with Crippen LogP contribution >= 0.6 is 0 Å². The van der Waals surface area contributed by atoms with Crippen LogP contribution in [0, 0.1) is 17.0 Å². The highest BCUT2D eigenvalue weighted by molar-refractivity contribution is 5.83. The number of anilines is 1. The number of hydrogen-bond donors (Lipinski definition) is 0. The lowest BCUT2D eigenvalue weighted by atomic mass is 10.1. The number of aliphatic imine (C=N–C) groups is 1. The summed E-state index contributed by atoms with van der Waals surface area (Å²) in [6.45, 7) is 5.03. The second kappa shape index (κ2) is 7.23. The summed E-state index contributed by atoms with van der Waals surface area (Å²) in [5.74, 6) is 0. The van der Waals surface area contributed by atoms with Gasteiger partial charge in [0.05, 0.1) is 23.8 Å². The lowest BCUT2D eigenvalue weighted by molar-refractivity contribution is -0.385. The van der Waals surface area contributed by atoms with Gasteiger partial charge in [0.1, 0.15) is 0 Å². The number of ether oxygens (including phenoxy) is 1. The number of benzene rings is 2. The van der Waals surface area contributed by atoms with Crippen LogP contribution in [0.5, 0.6) is 0 Å². The summed E-state index contributed by atoms with van der Waals surface area (Å²) >= 11 is 0. The molecule has 0 radical (unpaired) electrons. The van der Waals surface area contributed by atoms with Crippen molar-refractivity contribution in [1.82, 2.24) is 0 Å². The third-order valence-electron chi connectivity index (χ3n) is 4.02. The summed E-state index contributed by atoms with van der Waals surface area (Å²) in [5, 5.41) is 11.0. The highest BCUT2D eigenvalue weighted by atomic mass is 16.6. The zero-order valence-electron chi connectivity index (χ0n) is 13.5. The van der Waals surface area contributed by atoms with Gasteiger partial charge < -0.3 is 9.64 Å². The van der Waals surface area contributed by atoms with Crippen molar-refractivity contribution in [2.75, 3.05) is 31.2 Å². The Morgan fingerprint density at radius 2 is 1.88 bits per heavy atom. The lowest BCUT2D eigenvalue weighted by Gasteiger charge is -2.28. The van der Waals surface area contributed by atoms with Gasteiger partial charge in [0.25, 0.3) is 5.69 Å². The second-order valence-corrected chi connectivity index (χ2v) is 5.68. The van der Waals surface area contributed by atoms with Crippen molar-refractivity contribution in [1.29, 1.82) is 0 Å². The third-order valence-corrected chi connectivity index (χ3v) is 4.02. The van der Waals surface area contributed by atoms with Crippen molar-refractivity contribution in [2.45, 2.75) is 6.92 Å². The van der Waals surface area contributed by atoms with E-state index in [-0.39, 0.29) is 10.6 Å². The third kappa shape index (κ3) is 3.78. The highest BCUT2D eigenvalue weighted by Crippen LogP contribution is 2.22.